The van der Waals surface area contributed by atoms with Gasteiger partial charge in [-0.05, 0) is 31.9 Å². The Hall–Kier alpha value is -0.660. The summed E-state index contributed by atoms with van der Waals surface area (Å²) in [5, 5.41) is 0. The van der Waals surface area contributed by atoms with Gasteiger partial charge in [0, 0.05) is 28.4 Å². The Bertz CT molecular complexity index is 422. The van der Waals surface area contributed by atoms with Crippen LogP contribution in [-0.2, 0) is 4.74 Å². The summed E-state index contributed by atoms with van der Waals surface area (Å²) in [4.78, 5) is 18.6. The Labute approximate surface area is 116 Å². The van der Waals surface area contributed by atoms with Gasteiger partial charge in [0.25, 0.3) is 0 Å². The van der Waals surface area contributed by atoms with E-state index in [1.165, 1.54) is 4.73 Å². The van der Waals surface area contributed by atoms with Gasteiger partial charge in [-0.2, -0.15) is 4.84 Å². The number of halogens is 2. The average molecular weight is 367 g/mol. The van der Waals surface area contributed by atoms with Crippen molar-refractivity contribution in [3.63, 3.8) is 0 Å². The van der Waals surface area contributed by atoms with Crippen molar-refractivity contribution >= 4 is 38.0 Å². The van der Waals surface area contributed by atoms with Gasteiger partial charge in [0.2, 0.25) is 12.4 Å². The Balaban J connectivity index is 1.99. The molecule has 1 amide bonds. The van der Waals surface area contributed by atoms with Gasteiger partial charge in [0.1, 0.15) is 4.47 Å². The second-order valence-electron chi connectivity index (χ2n) is 3.46. The number of aromatic nitrogens is 1. The maximum absolute atomic E-state index is 11.8. The summed E-state index contributed by atoms with van der Waals surface area (Å²) in [6.07, 6.45) is 2.96. The molecule has 1 saturated heterocycles. The zero-order valence-electron chi connectivity index (χ0n) is 8.94. The van der Waals surface area contributed by atoms with Gasteiger partial charge in [-0.1, -0.05) is 0 Å². The van der Waals surface area contributed by atoms with Crippen molar-refractivity contribution in [2.24, 2.45) is 0 Å². The lowest BCUT2D eigenvalue weighted by molar-refractivity contribution is -0.869. The van der Waals surface area contributed by atoms with E-state index in [9.17, 15) is 4.79 Å². The molecule has 92 valence electrons. The lowest BCUT2D eigenvalue weighted by Crippen LogP contribution is -2.53. The highest BCUT2D eigenvalue weighted by atomic mass is 79.9. The SMILES string of the molecule is O=C(O[n+]1ccc(Br)c(Br)c1)N1CCOCC1. The predicted molar refractivity (Wildman–Crippen MR) is 66.4 cm³/mol. The molecule has 0 saturated carbocycles. The zero-order valence-corrected chi connectivity index (χ0v) is 12.1. The lowest BCUT2D eigenvalue weighted by Gasteiger charge is -2.23. The third-order valence-electron chi connectivity index (χ3n) is 2.29. The molecule has 5 nitrogen and oxygen atoms in total. The first-order valence-corrected chi connectivity index (χ1v) is 6.67. The van der Waals surface area contributed by atoms with E-state index in [0.717, 1.165) is 8.95 Å². The van der Waals surface area contributed by atoms with E-state index in [2.05, 4.69) is 31.9 Å². The Morgan fingerprint density at radius 3 is 2.71 bits per heavy atom. The molecular formula is C10H11Br2N2O3+. The molecule has 1 aliphatic heterocycles. The van der Waals surface area contributed by atoms with Gasteiger partial charge in [-0.25, -0.2) is 4.79 Å². The third-order valence-corrected chi connectivity index (χ3v) is 4.14. The average Bonchev–Trinajstić information content (AvgIpc) is 2.35. The van der Waals surface area contributed by atoms with Crippen molar-refractivity contribution in [3.05, 3.63) is 27.4 Å². The van der Waals surface area contributed by atoms with Crippen LogP contribution in [0.5, 0.6) is 0 Å². The topological polar surface area (TPSA) is 42.7 Å². The summed E-state index contributed by atoms with van der Waals surface area (Å²) >= 11 is 6.68. The Morgan fingerprint density at radius 2 is 2.06 bits per heavy atom. The van der Waals surface area contributed by atoms with Crippen molar-refractivity contribution in [1.29, 1.82) is 0 Å². The summed E-state index contributed by atoms with van der Waals surface area (Å²) in [6.45, 7) is 2.25. The van der Waals surface area contributed by atoms with E-state index in [1.807, 2.05) is 0 Å². The summed E-state index contributed by atoms with van der Waals surface area (Å²) < 4.78 is 8.25. The van der Waals surface area contributed by atoms with Gasteiger partial charge < -0.3 is 4.74 Å². The van der Waals surface area contributed by atoms with Gasteiger partial charge >= 0.3 is 6.09 Å². The molecule has 0 unspecified atom stereocenters. The van der Waals surface area contributed by atoms with E-state index in [0.29, 0.717) is 26.3 Å². The van der Waals surface area contributed by atoms with Gasteiger partial charge in [-0.15, -0.1) is 0 Å². The van der Waals surface area contributed by atoms with E-state index in [4.69, 9.17) is 9.57 Å². The fourth-order valence-electron chi connectivity index (χ4n) is 1.39. The van der Waals surface area contributed by atoms with E-state index >= 15 is 0 Å². The second kappa shape index (κ2) is 5.79. The minimum absolute atomic E-state index is 0.368. The number of morpholine rings is 1. The number of rotatable bonds is 1. The first kappa shape index (κ1) is 12.8. The second-order valence-corrected chi connectivity index (χ2v) is 5.17. The number of ether oxygens (including phenoxy) is 1. The van der Waals surface area contributed by atoms with Crippen molar-refractivity contribution < 1.29 is 19.1 Å². The minimum Gasteiger partial charge on any atom is -0.378 e. The molecule has 0 spiro atoms. The molecule has 0 N–H and O–H groups in total. The molecule has 1 fully saturated rings. The highest BCUT2D eigenvalue weighted by molar-refractivity contribution is 9.13. The number of hydrogen-bond donors (Lipinski definition) is 0. The van der Waals surface area contributed by atoms with Crippen LogP contribution in [0.4, 0.5) is 4.79 Å². The first-order chi connectivity index (χ1) is 8.16. The molecular weight excluding hydrogens is 356 g/mol. The summed E-state index contributed by atoms with van der Waals surface area (Å²) in [6, 6.07) is 1.79. The van der Waals surface area contributed by atoms with Gasteiger partial charge in [0.05, 0.1) is 13.2 Å². The van der Waals surface area contributed by atoms with Crippen LogP contribution < -0.4 is 9.57 Å². The van der Waals surface area contributed by atoms with Gasteiger partial charge in [-0.3, -0.25) is 4.90 Å². The van der Waals surface area contributed by atoms with Crippen LogP contribution in [0.15, 0.2) is 27.4 Å². The van der Waals surface area contributed by atoms with Crippen LogP contribution in [0, 0.1) is 0 Å². The quantitative estimate of drug-likeness (QED) is 0.705. The monoisotopic (exact) mass is 365 g/mol. The third kappa shape index (κ3) is 3.40. The van der Waals surface area contributed by atoms with Crippen molar-refractivity contribution in [1.82, 2.24) is 4.90 Å². The molecule has 1 aromatic rings. The Kier molecular flexibility index (Phi) is 4.36. The highest BCUT2D eigenvalue weighted by Gasteiger charge is 2.22. The van der Waals surface area contributed by atoms with Crippen LogP contribution >= 0.6 is 31.9 Å². The molecule has 1 aromatic heterocycles. The van der Waals surface area contributed by atoms with Crippen molar-refractivity contribution in [3.8, 4) is 0 Å². The standard InChI is InChI=1S/C10H11Br2N2O3/c11-8-1-2-14(7-9(8)12)17-10(15)13-3-5-16-6-4-13/h1-2,7H,3-6H2/q+1. The molecule has 7 heteroatoms. The van der Waals surface area contributed by atoms with E-state index < -0.39 is 0 Å². The lowest BCUT2D eigenvalue weighted by atomic mass is 10.5. The van der Waals surface area contributed by atoms with Crippen LogP contribution in [0.25, 0.3) is 0 Å². The molecule has 2 heterocycles. The van der Waals surface area contributed by atoms with Crippen molar-refractivity contribution in [2.75, 3.05) is 26.3 Å². The van der Waals surface area contributed by atoms with Crippen LogP contribution in [-0.4, -0.2) is 37.3 Å². The molecule has 1 aliphatic rings. The number of carbonyl (C=O) groups is 1. The smallest absolute Gasteiger partial charge is 0.378 e. The summed E-state index contributed by atoms with van der Waals surface area (Å²) in [5.74, 6) is 0. The zero-order chi connectivity index (χ0) is 12.3. The van der Waals surface area contributed by atoms with Gasteiger partial charge in [0.15, 0.2) is 0 Å². The van der Waals surface area contributed by atoms with E-state index in [-0.39, 0.29) is 6.09 Å². The Morgan fingerprint density at radius 1 is 1.35 bits per heavy atom. The van der Waals surface area contributed by atoms with E-state index in [1.54, 1.807) is 23.4 Å². The van der Waals surface area contributed by atoms with Crippen molar-refractivity contribution in [2.45, 2.75) is 0 Å². The highest BCUT2D eigenvalue weighted by Crippen LogP contribution is 2.19. The first-order valence-electron chi connectivity index (χ1n) is 5.08. The molecule has 0 bridgehead atoms. The predicted octanol–water partition coefficient (Wildman–Crippen LogP) is 1.38. The number of amides is 1. The minimum atomic E-state index is -0.368. The van der Waals surface area contributed by atoms with Crippen LogP contribution in [0.3, 0.4) is 0 Å². The summed E-state index contributed by atoms with van der Waals surface area (Å²) in [5.41, 5.74) is 0. The molecule has 0 aliphatic carbocycles. The number of nitrogens with zero attached hydrogens (tertiary/aromatic N) is 2. The van der Waals surface area contributed by atoms with Crippen LogP contribution in [0.2, 0.25) is 0 Å². The normalized spacial score (nSPS) is 15.8. The molecule has 0 radical (unpaired) electrons. The number of pyridine rings is 1. The molecule has 2 rings (SSSR count). The maximum Gasteiger partial charge on any atom is 0.478 e. The number of hydrogen-bond acceptors (Lipinski definition) is 3. The summed E-state index contributed by atoms with van der Waals surface area (Å²) in [7, 11) is 0. The molecule has 17 heavy (non-hydrogen) atoms. The molecule has 0 aromatic carbocycles. The molecule has 0 atom stereocenters. The largest absolute Gasteiger partial charge is 0.478 e. The fraction of sp³-hybridized carbons (Fsp3) is 0.400. The fourth-order valence-corrected chi connectivity index (χ4v) is 1.94. The number of carbonyl (C=O) groups excluding carboxylic acids is 1. The maximum atomic E-state index is 11.8. The van der Waals surface area contributed by atoms with Crippen LogP contribution in [0.1, 0.15) is 0 Å².